The fourth-order valence-corrected chi connectivity index (χ4v) is 2.46. The summed E-state index contributed by atoms with van der Waals surface area (Å²) in [6.45, 7) is 4.56. The van der Waals surface area contributed by atoms with Gasteiger partial charge in [0.1, 0.15) is 17.1 Å². The first kappa shape index (κ1) is 14.7. The molecule has 3 N–H and O–H groups in total. The number of benzene rings is 1. The van der Waals surface area contributed by atoms with Crippen LogP contribution in [0.2, 0.25) is 0 Å². The largest absolute Gasteiger partial charge is 0.507 e. The molecule has 1 aromatic carbocycles. The number of hydrogen-bond acceptors (Lipinski definition) is 4. The van der Waals surface area contributed by atoms with Gasteiger partial charge in [-0.25, -0.2) is 4.39 Å². The van der Waals surface area contributed by atoms with Crippen LogP contribution in [0.4, 0.5) is 4.39 Å². The number of aromatic hydroxyl groups is 1. The first-order valence-electron chi connectivity index (χ1n) is 6.48. The Kier molecular flexibility index (Phi) is 3.96. The van der Waals surface area contributed by atoms with Gasteiger partial charge in [-0.05, 0) is 26.0 Å². The van der Waals surface area contributed by atoms with Crippen molar-refractivity contribution in [1.29, 1.82) is 0 Å². The molecule has 1 heterocycles. The Morgan fingerprint density at radius 3 is 2.90 bits per heavy atom. The van der Waals surface area contributed by atoms with Crippen LogP contribution in [0, 0.1) is 5.82 Å². The molecule has 20 heavy (non-hydrogen) atoms. The summed E-state index contributed by atoms with van der Waals surface area (Å²) in [6, 6.07) is 3.80. The van der Waals surface area contributed by atoms with Crippen LogP contribution in [-0.2, 0) is 4.74 Å². The smallest absolute Gasteiger partial charge is 0.260 e. The van der Waals surface area contributed by atoms with Gasteiger partial charge in [0.2, 0.25) is 0 Å². The van der Waals surface area contributed by atoms with E-state index in [0.717, 1.165) is 6.07 Å². The molecule has 110 valence electrons. The Labute approximate surface area is 117 Å². The summed E-state index contributed by atoms with van der Waals surface area (Å²) < 4.78 is 19.5. The average molecular weight is 282 g/mol. The molecule has 1 unspecified atom stereocenters. The number of phenols is 1. The van der Waals surface area contributed by atoms with Gasteiger partial charge < -0.3 is 20.5 Å². The molecule has 1 fully saturated rings. The summed E-state index contributed by atoms with van der Waals surface area (Å²) in [5.74, 6) is -1.64. The zero-order valence-corrected chi connectivity index (χ0v) is 11.6. The molecule has 1 atom stereocenters. The molecular weight excluding hydrogens is 263 g/mol. The summed E-state index contributed by atoms with van der Waals surface area (Å²) in [4.78, 5) is 13.9. The van der Waals surface area contributed by atoms with E-state index in [4.69, 9.17) is 10.5 Å². The highest BCUT2D eigenvalue weighted by Crippen LogP contribution is 2.26. The summed E-state index contributed by atoms with van der Waals surface area (Å²) in [5, 5.41) is 9.70. The molecular formula is C14H19FN2O3. The third-order valence-electron chi connectivity index (χ3n) is 3.24. The quantitative estimate of drug-likeness (QED) is 0.852. The van der Waals surface area contributed by atoms with Crippen molar-refractivity contribution in [3.8, 4) is 5.75 Å². The number of ether oxygens (including phenoxy) is 1. The van der Waals surface area contributed by atoms with Gasteiger partial charge in [0, 0.05) is 19.6 Å². The molecule has 1 aliphatic heterocycles. The lowest BCUT2D eigenvalue weighted by Crippen LogP contribution is -2.56. The number of nitrogens with two attached hydrogens (primary N) is 1. The second-order valence-electron chi connectivity index (χ2n) is 5.55. The van der Waals surface area contributed by atoms with E-state index in [1.165, 1.54) is 17.0 Å². The Morgan fingerprint density at radius 2 is 2.30 bits per heavy atom. The first-order chi connectivity index (χ1) is 9.34. The van der Waals surface area contributed by atoms with E-state index in [9.17, 15) is 14.3 Å². The Hall–Kier alpha value is -1.66. The van der Waals surface area contributed by atoms with Crippen molar-refractivity contribution in [2.24, 2.45) is 5.73 Å². The van der Waals surface area contributed by atoms with E-state index >= 15 is 0 Å². The molecule has 1 saturated heterocycles. The fourth-order valence-electron chi connectivity index (χ4n) is 2.46. The maximum atomic E-state index is 13.8. The number of amides is 1. The van der Waals surface area contributed by atoms with Crippen LogP contribution in [0.25, 0.3) is 0 Å². The van der Waals surface area contributed by atoms with E-state index in [2.05, 4.69) is 0 Å². The van der Waals surface area contributed by atoms with Crippen molar-refractivity contribution in [2.45, 2.75) is 25.6 Å². The van der Waals surface area contributed by atoms with Crippen molar-refractivity contribution >= 4 is 5.91 Å². The van der Waals surface area contributed by atoms with Crippen LogP contribution >= 0.6 is 0 Å². The lowest BCUT2D eigenvalue weighted by molar-refractivity contribution is -0.122. The molecule has 1 aromatic rings. The Morgan fingerprint density at radius 1 is 1.60 bits per heavy atom. The van der Waals surface area contributed by atoms with Gasteiger partial charge in [-0.1, -0.05) is 6.07 Å². The molecule has 0 spiro atoms. The molecule has 1 aliphatic rings. The summed E-state index contributed by atoms with van der Waals surface area (Å²) in [7, 11) is 0. The van der Waals surface area contributed by atoms with Crippen molar-refractivity contribution in [1.82, 2.24) is 4.90 Å². The number of carbonyl (C=O) groups is 1. The predicted octanol–water partition coefficient (Wildman–Crippen LogP) is 1.11. The molecule has 0 saturated carbocycles. The van der Waals surface area contributed by atoms with Gasteiger partial charge in [-0.2, -0.15) is 0 Å². The van der Waals surface area contributed by atoms with Gasteiger partial charge in [0.05, 0.1) is 11.7 Å². The van der Waals surface area contributed by atoms with Gasteiger partial charge in [-0.3, -0.25) is 4.79 Å². The van der Waals surface area contributed by atoms with Crippen molar-refractivity contribution in [2.75, 3.05) is 19.6 Å². The lowest BCUT2D eigenvalue weighted by Gasteiger charge is -2.42. The number of halogens is 1. The maximum absolute atomic E-state index is 13.8. The van der Waals surface area contributed by atoms with Crippen LogP contribution in [0.5, 0.6) is 5.75 Å². The van der Waals surface area contributed by atoms with E-state index in [-0.39, 0.29) is 30.5 Å². The normalized spacial score (nSPS) is 21.8. The van der Waals surface area contributed by atoms with E-state index in [1.807, 2.05) is 13.8 Å². The molecule has 5 nitrogen and oxygen atoms in total. The lowest BCUT2D eigenvalue weighted by atomic mass is 10.0. The van der Waals surface area contributed by atoms with Gasteiger partial charge in [-0.15, -0.1) is 0 Å². The van der Waals surface area contributed by atoms with Gasteiger partial charge >= 0.3 is 0 Å². The van der Waals surface area contributed by atoms with Gasteiger partial charge in [0.15, 0.2) is 0 Å². The molecule has 0 aliphatic carbocycles. The van der Waals surface area contributed by atoms with Crippen molar-refractivity contribution in [3.05, 3.63) is 29.6 Å². The van der Waals surface area contributed by atoms with Crippen LogP contribution in [0.1, 0.15) is 24.2 Å². The van der Waals surface area contributed by atoms with Crippen LogP contribution in [0.15, 0.2) is 18.2 Å². The predicted molar refractivity (Wildman–Crippen MR) is 72.0 cm³/mol. The molecule has 0 bridgehead atoms. The number of hydrogen-bond donors (Lipinski definition) is 2. The minimum atomic E-state index is -0.733. The molecule has 6 heteroatoms. The van der Waals surface area contributed by atoms with Crippen LogP contribution in [-0.4, -0.2) is 47.3 Å². The highest BCUT2D eigenvalue weighted by molar-refractivity contribution is 5.97. The maximum Gasteiger partial charge on any atom is 0.260 e. The minimum absolute atomic E-state index is 0.274. The zero-order chi connectivity index (χ0) is 14.9. The highest BCUT2D eigenvalue weighted by Gasteiger charge is 2.36. The summed E-state index contributed by atoms with van der Waals surface area (Å²) >= 11 is 0. The molecule has 2 rings (SSSR count). The van der Waals surface area contributed by atoms with E-state index < -0.39 is 17.3 Å². The second-order valence-corrected chi connectivity index (χ2v) is 5.55. The number of phenolic OH excluding ortho intramolecular Hbond substituents is 1. The highest BCUT2D eigenvalue weighted by atomic mass is 19.1. The monoisotopic (exact) mass is 282 g/mol. The minimum Gasteiger partial charge on any atom is -0.507 e. The molecule has 0 aromatic heterocycles. The van der Waals surface area contributed by atoms with E-state index in [1.54, 1.807) is 0 Å². The van der Waals surface area contributed by atoms with Crippen molar-refractivity contribution < 1.29 is 19.0 Å². The molecule has 1 amide bonds. The fraction of sp³-hybridized carbons (Fsp3) is 0.500. The Bertz CT molecular complexity index is 499. The summed E-state index contributed by atoms with van der Waals surface area (Å²) in [6.07, 6.45) is -0.295. The van der Waals surface area contributed by atoms with Crippen molar-refractivity contribution in [3.63, 3.8) is 0 Å². The van der Waals surface area contributed by atoms with Crippen LogP contribution < -0.4 is 5.73 Å². The third-order valence-corrected chi connectivity index (χ3v) is 3.24. The number of nitrogens with zero attached hydrogens (tertiary/aromatic N) is 1. The first-order valence-corrected chi connectivity index (χ1v) is 6.48. The number of carbonyl (C=O) groups excluding carboxylic acids is 1. The standard InChI is InChI=1S/C14H19FN2O3/c1-14(2)8-17(7-9(6-16)20-14)13(19)12-10(15)4-3-5-11(12)18/h3-5,9,18H,6-8,16H2,1-2H3. The zero-order valence-electron chi connectivity index (χ0n) is 11.6. The van der Waals surface area contributed by atoms with Gasteiger partial charge in [0.25, 0.3) is 5.91 Å². The number of morpholine rings is 1. The summed E-state index contributed by atoms with van der Waals surface area (Å²) in [5.41, 5.74) is 4.74. The van der Waals surface area contributed by atoms with Crippen LogP contribution in [0.3, 0.4) is 0 Å². The number of rotatable bonds is 2. The average Bonchev–Trinajstić information content (AvgIpc) is 2.36. The van der Waals surface area contributed by atoms with E-state index in [0.29, 0.717) is 6.54 Å². The second kappa shape index (κ2) is 5.38. The topological polar surface area (TPSA) is 75.8 Å². The Balaban J connectivity index is 2.28. The molecule has 0 radical (unpaired) electrons. The third kappa shape index (κ3) is 2.91. The SMILES string of the molecule is CC1(C)CN(C(=O)c2c(O)cccc2F)CC(CN)O1.